The van der Waals surface area contributed by atoms with E-state index in [9.17, 15) is 0 Å². The Kier molecular flexibility index (Phi) is 11.3. The van der Waals surface area contributed by atoms with Crippen molar-refractivity contribution in [3.8, 4) is 11.3 Å². The Balaban J connectivity index is 1.91. The van der Waals surface area contributed by atoms with Crippen molar-refractivity contribution in [1.82, 2.24) is 4.98 Å². The van der Waals surface area contributed by atoms with Crippen molar-refractivity contribution in [3.05, 3.63) is 138 Å². The molecule has 0 N–H and O–H groups in total. The lowest BCUT2D eigenvalue weighted by atomic mass is 9.96. The Hall–Kier alpha value is -4.77. The summed E-state index contributed by atoms with van der Waals surface area (Å²) in [7, 11) is 0. The average Bonchev–Trinajstić information content (AvgIpc) is 3.76. The van der Waals surface area contributed by atoms with Gasteiger partial charge < -0.3 is 4.42 Å². The van der Waals surface area contributed by atoms with Crippen molar-refractivity contribution >= 4 is 86.4 Å². The standard InChI is InChI=1S/C45H45NOS2/c1-11-20-34-31(15-5)43(47-40(34)17-7)28(9)30-26-38(32(16-6)44-36(22-13-3)35(21-12-2)41(18-8)48-44)46-39(27-30)37-25-19-24-33-29(10)42(23-14-4)49-45(33)37/h11-27H,7-8H2,1-6,9-10H3/b20-11-,21-12-,22-13-,23-14-,31-15-,32-16-,43-28-. The van der Waals surface area contributed by atoms with Crippen molar-refractivity contribution < 1.29 is 4.42 Å². The molecule has 0 saturated heterocycles. The van der Waals surface area contributed by atoms with Crippen LogP contribution >= 0.6 is 22.7 Å². The number of nitrogens with zero attached hydrogens (tertiary/aromatic N) is 1. The maximum Gasteiger partial charge on any atom is 0.138 e. The highest BCUT2D eigenvalue weighted by Crippen LogP contribution is 2.42. The predicted octanol–water partition coefficient (Wildman–Crippen LogP) is 12.8. The zero-order chi connectivity index (χ0) is 35.2. The van der Waals surface area contributed by atoms with Crippen molar-refractivity contribution in [1.29, 1.82) is 0 Å². The Labute approximate surface area is 299 Å². The van der Waals surface area contributed by atoms with Crippen LogP contribution in [-0.4, -0.2) is 4.98 Å². The molecule has 0 atom stereocenters. The fourth-order valence-corrected chi connectivity index (χ4v) is 8.86. The molecule has 0 bridgehead atoms. The lowest BCUT2D eigenvalue weighted by molar-refractivity contribution is 0.519. The molecule has 2 nitrogen and oxygen atoms in total. The second-order valence-electron chi connectivity index (χ2n) is 11.7. The van der Waals surface area contributed by atoms with Gasteiger partial charge in [-0.3, -0.25) is 0 Å². The summed E-state index contributed by atoms with van der Waals surface area (Å²) in [5.41, 5.74) is 11.7. The fourth-order valence-electron chi connectivity index (χ4n) is 6.35. The van der Waals surface area contributed by atoms with Gasteiger partial charge in [0.2, 0.25) is 0 Å². The van der Waals surface area contributed by atoms with Gasteiger partial charge in [0.1, 0.15) is 11.2 Å². The molecule has 0 saturated carbocycles. The summed E-state index contributed by atoms with van der Waals surface area (Å²) < 4.78 is 7.77. The Morgan fingerprint density at radius 3 is 2.12 bits per heavy atom. The van der Waals surface area contributed by atoms with Gasteiger partial charge in [0, 0.05) is 46.8 Å². The molecule has 0 unspecified atom stereocenters. The smallest absolute Gasteiger partial charge is 0.138 e. The number of thiophene rings is 2. The quantitative estimate of drug-likeness (QED) is 0.147. The van der Waals surface area contributed by atoms with E-state index in [1.54, 1.807) is 17.4 Å². The molecule has 0 fully saturated rings. The van der Waals surface area contributed by atoms with Gasteiger partial charge in [-0.2, -0.15) is 0 Å². The number of hydrogen-bond acceptors (Lipinski definition) is 4. The Morgan fingerprint density at radius 1 is 0.796 bits per heavy atom. The highest BCUT2D eigenvalue weighted by molar-refractivity contribution is 7.20. The topological polar surface area (TPSA) is 26.0 Å². The molecule has 5 aromatic rings. The third kappa shape index (κ3) is 6.64. The number of aryl methyl sites for hydroxylation is 1. The molecule has 0 amide bonds. The summed E-state index contributed by atoms with van der Waals surface area (Å²) in [5.74, 6) is 0.766. The molecule has 0 spiro atoms. The van der Waals surface area contributed by atoms with Crippen LogP contribution in [0.25, 0.3) is 75.0 Å². The van der Waals surface area contributed by atoms with Crippen molar-refractivity contribution in [3.63, 3.8) is 0 Å². The molecule has 4 aromatic heterocycles. The van der Waals surface area contributed by atoms with E-state index in [1.165, 1.54) is 36.5 Å². The molecule has 0 radical (unpaired) electrons. The number of aromatic nitrogens is 1. The third-order valence-corrected chi connectivity index (χ3v) is 11.2. The van der Waals surface area contributed by atoms with E-state index in [1.807, 2.05) is 30.4 Å². The highest BCUT2D eigenvalue weighted by Gasteiger charge is 2.21. The van der Waals surface area contributed by atoms with Gasteiger partial charge in [-0.15, -0.1) is 22.7 Å². The van der Waals surface area contributed by atoms with Gasteiger partial charge >= 0.3 is 0 Å². The average molecular weight is 680 g/mol. The van der Waals surface area contributed by atoms with E-state index in [0.29, 0.717) is 0 Å². The molecule has 248 valence electrons. The van der Waals surface area contributed by atoms with Gasteiger partial charge in [0.25, 0.3) is 0 Å². The van der Waals surface area contributed by atoms with E-state index >= 15 is 0 Å². The highest BCUT2D eigenvalue weighted by atomic mass is 32.1. The van der Waals surface area contributed by atoms with E-state index in [-0.39, 0.29) is 0 Å². The molecule has 4 heterocycles. The van der Waals surface area contributed by atoms with Crippen molar-refractivity contribution in [2.24, 2.45) is 0 Å². The van der Waals surface area contributed by atoms with E-state index in [0.717, 1.165) is 60.5 Å². The van der Waals surface area contributed by atoms with Crippen LogP contribution in [0.4, 0.5) is 0 Å². The zero-order valence-electron chi connectivity index (χ0n) is 29.9. The molecule has 1 aromatic carbocycles. The summed E-state index contributed by atoms with van der Waals surface area (Å²) in [6.45, 7) is 24.9. The Bertz CT molecular complexity index is 2340. The van der Waals surface area contributed by atoms with Crippen LogP contribution in [0, 0.1) is 6.92 Å². The Morgan fingerprint density at radius 2 is 1.49 bits per heavy atom. The van der Waals surface area contributed by atoms with Gasteiger partial charge in [-0.1, -0.05) is 92.1 Å². The normalized spacial score (nSPS) is 13.7. The number of benzene rings is 1. The van der Waals surface area contributed by atoms with Crippen molar-refractivity contribution in [2.75, 3.05) is 0 Å². The number of rotatable bonds is 10. The molecule has 4 heteroatoms. The van der Waals surface area contributed by atoms with Crippen LogP contribution in [0.2, 0.25) is 0 Å². The van der Waals surface area contributed by atoms with E-state index in [2.05, 4.69) is 147 Å². The number of allylic oxidation sites excluding steroid dienone is 5. The van der Waals surface area contributed by atoms with Gasteiger partial charge in [-0.05, 0) is 107 Å². The first-order valence-corrected chi connectivity index (χ1v) is 18.4. The number of pyridine rings is 1. The third-order valence-electron chi connectivity index (χ3n) is 8.69. The molecule has 5 rings (SSSR count). The van der Waals surface area contributed by atoms with Gasteiger partial charge in [0.05, 0.1) is 11.4 Å². The SMILES string of the molecule is C=Cc1oc(=C(/C)c2cc(/C(=C/C)c3sc(C=C)c(/C=C\C)c3/C=C\C)nc(-c3cccc4c(C)c(/C=C\C)sc34)c2)/c(=C\C)c1/C=C\C. The first kappa shape index (κ1) is 35.5. The van der Waals surface area contributed by atoms with E-state index < -0.39 is 0 Å². The fraction of sp³-hybridized carbons (Fsp3) is 0.178. The summed E-state index contributed by atoms with van der Waals surface area (Å²) >= 11 is 3.58. The van der Waals surface area contributed by atoms with Gasteiger partial charge in [0.15, 0.2) is 0 Å². The summed E-state index contributed by atoms with van der Waals surface area (Å²) in [6.07, 6.45) is 25.1. The van der Waals surface area contributed by atoms with Crippen LogP contribution in [0.3, 0.4) is 0 Å². The second kappa shape index (κ2) is 15.6. The molecule has 0 aliphatic heterocycles. The number of hydrogen-bond donors (Lipinski definition) is 0. The largest absolute Gasteiger partial charge is 0.456 e. The maximum atomic E-state index is 6.54. The lowest BCUT2D eigenvalue weighted by Gasteiger charge is -2.13. The maximum absolute atomic E-state index is 6.54. The van der Waals surface area contributed by atoms with Crippen LogP contribution in [0.15, 0.2) is 78.3 Å². The molecule has 49 heavy (non-hydrogen) atoms. The number of fused-ring (bicyclic) bond motifs is 1. The van der Waals surface area contributed by atoms with Crippen LogP contribution in [-0.2, 0) is 0 Å². The lowest BCUT2D eigenvalue weighted by Crippen LogP contribution is -2.24. The second-order valence-corrected chi connectivity index (χ2v) is 13.8. The summed E-state index contributed by atoms with van der Waals surface area (Å²) in [5, 5.41) is 2.32. The molecule has 0 aliphatic rings. The van der Waals surface area contributed by atoms with E-state index in [4.69, 9.17) is 9.40 Å². The predicted molar refractivity (Wildman–Crippen MR) is 222 cm³/mol. The van der Waals surface area contributed by atoms with Gasteiger partial charge in [-0.25, -0.2) is 4.98 Å². The summed E-state index contributed by atoms with van der Waals surface area (Å²) in [6, 6.07) is 11.0. The first-order valence-electron chi connectivity index (χ1n) is 16.7. The molecule has 0 aliphatic carbocycles. The molecular formula is C45H45NOS2. The number of furan rings is 1. The minimum absolute atomic E-state index is 0.766. The first-order chi connectivity index (χ1) is 23.8. The van der Waals surface area contributed by atoms with Crippen LogP contribution < -0.4 is 10.6 Å². The van der Waals surface area contributed by atoms with Crippen LogP contribution in [0.5, 0.6) is 0 Å². The minimum atomic E-state index is 0.766. The monoisotopic (exact) mass is 679 g/mol. The molecular weight excluding hydrogens is 635 g/mol. The van der Waals surface area contributed by atoms with Crippen molar-refractivity contribution in [2.45, 2.75) is 55.4 Å². The zero-order valence-corrected chi connectivity index (χ0v) is 31.5. The van der Waals surface area contributed by atoms with Crippen LogP contribution in [0.1, 0.15) is 102 Å². The summed E-state index contributed by atoms with van der Waals surface area (Å²) in [4.78, 5) is 9.05. The minimum Gasteiger partial charge on any atom is -0.456 e.